The van der Waals surface area contributed by atoms with Crippen molar-refractivity contribution in [2.75, 3.05) is 13.7 Å². The average molecular weight is 283 g/mol. The van der Waals surface area contributed by atoms with Gasteiger partial charge in [-0.15, -0.1) is 11.3 Å². The van der Waals surface area contributed by atoms with Crippen LogP contribution >= 0.6 is 22.9 Å². The predicted molar refractivity (Wildman–Crippen MR) is 76.5 cm³/mol. The van der Waals surface area contributed by atoms with Crippen LogP contribution < -0.4 is 10.1 Å². The number of aromatic nitrogens is 1. The second-order valence-corrected chi connectivity index (χ2v) is 5.08. The summed E-state index contributed by atoms with van der Waals surface area (Å²) in [6.45, 7) is 3.34. The molecular formula is C13H15ClN2OS. The minimum Gasteiger partial charge on any atom is -0.492 e. The number of halogens is 1. The van der Waals surface area contributed by atoms with Gasteiger partial charge in [0.2, 0.25) is 0 Å². The highest BCUT2D eigenvalue weighted by Gasteiger charge is 2.07. The Morgan fingerprint density at radius 1 is 1.44 bits per heavy atom. The van der Waals surface area contributed by atoms with Crippen molar-refractivity contribution in [2.24, 2.45) is 0 Å². The molecule has 5 heteroatoms. The van der Waals surface area contributed by atoms with Gasteiger partial charge in [0.15, 0.2) is 0 Å². The number of rotatable bonds is 5. The molecule has 0 saturated carbocycles. The normalized spacial score (nSPS) is 10.6. The molecule has 1 N–H and O–H groups in total. The summed E-state index contributed by atoms with van der Waals surface area (Å²) in [5, 5.41) is 6.82. The van der Waals surface area contributed by atoms with Gasteiger partial charge in [-0.1, -0.05) is 11.6 Å². The van der Waals surface area contributed by atoms with Gasteiger partial charge in [-0.3, -0.25) is 0 Å². The highest BCUT2D eigenvalue weighted by molar-refractivity contribution is 7.09. The Kier molecular flexibility index (Phi) is 4.58. The number of nitrogens with one attached hydrogen (secondary N) is 1. The molecule has 2 rings (SSSR count). The summed E-state index contributed by atoms with van der Waals surface area (Å²) < 4.78 is 5.41. The molecule has 0 saturated heterocycles. The highest BCUT2D eigenvalue weighted by Crippen LogP contribution is 2.30. The van der Waals surface area contributed by atoms with Crippen molar-refractivity contribution in [1.82, 2.24) is 10.3 Å². The maximum absolute atomic E-state index is 6.16. The van der Waals surface area contributed by atoms with Crippen LogP contribution in [0.5, 0.6) is 5.75 Å². The zero-order chi connectivity index (χ0) is 13.0. The molecule has 0 fully saturated rings. The smallest absolute Gasteiger partial charge is 0.137 e. The first-order valence-electron chi connectivity index (χ1n) is 5.76. The maximum Gasteiger partial charge on any atom is 0.137 e. The Morgan fingerprint density at radius 3 is 2.94 bits per heavy atom. The Morgan fingerprint density at radius 2 is 2.28 bits per heavy atom. The maximum atomic E-state index is 6.16. The van der Waals surface area contributed by atoms with Crippen molar-refractivity contribution in [3.63, 3.8) is 0 Å². The molecule has 0 atom stereocenters. The SMILES string of the molecule is CCOc1ccc(-c2csc(CNC)n2)cc1Cl. The first-order valence-corrected chi connectivity index (χ1v) is 7.02. The molecule has 3 nitrogen and oxygen atoms in total. The Hall–Kier alpha value is -1.10. The van der Waals surface area contributed by atoms with Crippen molar-refractivity contribution in [2.45, 2.75) is 13.5 Å². The summed E-state index contributed by atoms with van der Waals surface area (Å²) in [4.78, 5) is 4.54. The molecule has 0 unspecified atom stereocenters. The van der Waals surface area contributed by atoms with Crippen molar-refractivity contribution in [3.05, 3.63) is 33.6 Å². The molecule has 1 aromatic heterocycles. The molecule has 1 heterocycles. The van der Waals surface area contributed by atoms with Crippen LogP contribution in [0.15, 0.2) is 23.6 Å². The van der Waals surface area contributed by atoms with Crippen molar-refractivity contribution in [3.8, 4) is 17.0 Å². The fraction of sp³-hybridized carbons (Fsp3) is 0.308. The minimum atomic E-state index is 0.613. The molecular weight excluding hydrogens is 268 g/mol. The lowest BCUT2D eigenvalue weighted by Crippen LogP contribution is -2.04. The zero-order valence-electron chi connectivity index (χ0n) is 10.4. The van der Waals surface area contributed by atoms with Gasteiger partial charge < -0.3 is 10.1 Å². The highest BCUT2D eigenvalue weighted by atomic mass is 35.5. The number of hydrogen-bond donors (Lipinski definition) is 1. The molecule has 1 aromatic carbocycles. The molecule has 0 aliphatic heterocycles. The zero-order valence-corrected chi connectivity index (χ0v) is 11.9. The number of thiazole rings is 1. The monoisotopic (exact) mass is 282 g/mol. The lowest BCUT2D eigenvalue weighted by molar-refractivity contribution is 0.340. The summed E-state index contributed by atoms with van der Waals surface area (Å²) >= 11 is 7.81. The summed E-state index contributed by atoms with van der Waals surface area (Å²) in [6, 6.07) is 5.76. The summed E-state index contributed by atoms with van der Waals surface area (Å²) in [7, 11) is 1.91. The van der Waals surface area contributed by atoms with Gasteiger partial charge in [0.1, 0.15) is 10.8 Å². The quantitative estimate of drug-likeness (QED) is 0.910. The number of benzene rings is 1. The van der Waals surface area contributed by atoms with E-state index in [9.17, 15) is 0 Å². The van der Waals surface area contributed by atoms with Crippen molar-refractivity contribution in [1.29, 1.82) is 0 Å². The largest absolute Gasteiger partial charge is 0.492 e. The van der Waals surface area contributed by atoms with E-state index in [1.807, 2.05) is 37.6 Å². The third kappa shape index (κ3) is 3.02. The van der Waals surface area contributed by atoms with Crippen LogP contribution in [0.4, 0.5) is 0 Å². The molecule has 96 valence electrons. The fourth-order valence-corrected chi connectivity index (χ4v) is 2.66. The molecule has 0 aliphatic carbocycles. The van der Waals surface area contributed by atoms with E-state index in [1.54, 1.807) is 11.3 Å². The molecule has 18 heavy (non-hydrogen) atoms. The topological polar surface area (TPSA) is 34.1 Å². The molecule has 2 aromatic rings. The lowest BCUT2D eigenvalue weighted by Gasteiger charge is -2.06. The summed E-state index contributed by atoms with van der Waals surface area (Å²) in [6.07, 6.45) is 0. The van der Waals surface area contributed by atoms with E-state index in [2.05, 4.69) is 10.3 Å². The van der Waals surface area contributed by atoms with Crippen LogP contribution in [0.25, 0.3) is 11.3 Å². The standard InChI is InChI=1S/C13H15ClN2OS/c1-3-17-12-5-4-9(6-10(12)14)11-8-18-13(16-11)7-15-2/h4-6,8,15H,3,7H2,1-2H3. The number of hydrogen-bond acceptors (Lipinski definition) is 4. The van der Waals surface area contributed by atoms with Gasteiger partial charge in [-0.25, -0.2) is 4.98 Å². The van der Waals surface area contributed by atoms with Gasteiger partial charge in [0.05, 0.1) is 17.3 Å². The van der Waals surface area contributed by atoms with Gasteiger partial charge >= 0.3 is 0 Å². The van der Waals surface area contributed by atoms with Crippen molar-refractivity contribution >= 4 is 22.9 Å². The van der Waals surface area contributed by atoms with Crippen LogP contribution in [0.2, 0.25) is 5.02 Å². The summed E-state index contributed by atoms with van der Waals surface area (Å²) in [5.74, 6) is 0.716. The third-order valence-corrected chi connectivity index (χ3v) is 3.55. The summed E-state index contributed by atoms with van der Waals surface area (Å²) in [5.41, 5.74) is 1.97. The Balaban J connectivity index is 2.24. The first kappa shape index (κ1) is 13.3. The molecule has 0 spiro atoms. The van der Waals surface area contributed by atoms with E-state index in [0.717, 1.165) is 22.8 Å². The average Bonchev–Trinajstić information content (AvgIpc) is 2.81. The molecule has 0 aliphatic rings. The second-order valence-electron chi connectivity index (χ2n) is 3.74. The van der Waals surface area contributed by atoms with Crippen LogP contribution in [0.1, 0.15) is 11.9 Å². The predicted octanol–water partition coefficient (Wildman–Crippen LogP) is 3.58. The van der Waals surface area contributed by atoms with Gasteiger partial charge in [0, 0.05) is 17.5 Å². The molecule has 0 bridgehead atoms. The van der Waals surface area contributed by atoms with Crippen LogP contribution in [0, 0.1) is 0 Å². The number of ether oxygens (including phenoxy) is 1. The molecule has 0 radical (unpaired) electrons. The van der Waals surface area contributed by atoms with E-state index >= 15 is 0 Å². The minimum absolute atomic E-state index is 0.613. The fourth-order valence-electron chi connectivity index (χ4n) is 1.61. The lowest BCUT2D eigenvalue weighted by atomic mass is 10.2. The van der Waals surface area contributed by atoms with E-state index in [-0.39, 0.29) is 0 Å². The van der Waals surface area contributed by atoms with Gasteiger partial charge in [-0.05, 0) is 32.2 Å². The van der Waals surface area contributed by atoms with Crippen LogP contribution in [-0.2, 0) is 6.54 Å². The Bertz CT molecular complexity index is 527. The molecule has 0 amide bonds. The van der Waals surface area contributed by atoms with E-state index < -0.39 is 0 Å². The second kappa shape index (κ2) is 6.18. The van der Waals surface area contributed by atoms with Gasteiger partial charge in [-0.2, -0.15) is 0 Å². The number of nitrogens with zero attached hydrogens (tertiary/aromatic N) is 1. The van der Waals surface area contributed by atoms with E-state index in [4.69, 9.17) is 16.3 Å². The first-order chi connectivity index (χ1) is 8.74. The van der Waals surface area contributed by atoms with E-state index in [1.165, 1.54) is 0 Å². The van der Waals surface area contributed by atoms with Crippen molar-refractivity contribution < 1.29 is 4.74 Å². The van der Waals surface area contributed by atoms with Crippen LogP contribution in [0.3, 0.4) is 0 Å². The Labute approximate surface area is 116 Å². The van der Waals surface area contributed by atoms with Crippen LogP contribution in [-0.4, -0.2) is 18.6 Å². The van der Waals surface area contributed by atoms with Gasteiger partial charge in [0.25, 0.3) is 0 Å². The third-order valence-electron chi connectivity index (χ3n) is 2.41. The van der Waals surface area contributed by atoms with E-state index in [0.29, 0.717) is 17.4 Å².